The second kappa shape index (κ2) is 5.71. The van der Waals surface area contributed by atoms with Gasteiger partial charge in [-0.3, -0.25) is 0 Å². The first-order chi connectivity index (χ1) is 8.06. The van der Waals surface area contributed by atoms with Crippen LogP contribution in [0.1, 0.15) is 52.9 Å². The van der Waals surface area contributed by atoms with Crippen LogP contribution in [0.25, 0.3) is 0 Å². The molecule has 0 aromatic carbocycles. The van der Waals surface area contributed by atoms with Crippen molar-refractivity contribution in [3.05, 3.63) is 0 Å². The third-order valence-corrected chi connectivity index (χ3v) is 4.02. The minimum atomic E-state index is 0.268. The summed E-state index contributed by atoms with van der Waals surface area (Å²) >= 11 is 0. The minimum absolute atomic E-state index is 0.268. The van der Waals surface area contributed by atoms with E-state index in [1.807, 2.05) is 0 Å². The predicted octanol–water partition coefficient (Wildman–Crippen LogP) is 2.79. The molecule has 0 unspecified atom stereocenters. The van der Waals surface area contributed by atoms with Crippen LogP contribution < -0.4 is 10.6 Å². The van der Waals surface area contributed by atoms with E-state index in [4.69, 9.17) is 0 Å². The molecule has 2 heteroatoms. The molecule has 0 amide bonds. The molecular formula is C15H30N2. The highest BCUT2D eigenvalue weighted by Gasteiger charge is 2.40. The number of rotatable bonds is 8. The van der Waals surface area contributed by atoms with Gasteiger partial charge in [0.1, 0.15) is 0 Å². The van der Waals surface area contributed by atoms with Crippen LogP contribution in [-0.4, -0.2) is 25.2 Å². The number of nitrogens with one attached hydrogen (secondary N) is 2. The lowest BCUT2D eigenvalue weighted by Gasteiger charge is -2.21. The largest absolute Gasteiger partial charge is 0.316 e. The maximum absolute atomic E-state index is 3.67. The lowest BCUT2D eigenvalue weighted by Crippen LogP contribution is -2.37. The van der Waals surface area contributed by atoms with Gasteiger partial charge in [0.2, 0.25) is 0 Å². The summed E-state index contributed by atoms with van der Waals surface area (Å²) in [6, 6.07) is 0. The zero-order valence-electron chi connectivity index (χ0n) is 11.9. The fourth-order valence-electron chi connectivity index (χ4n) is 2.71. The molecule has 0 aromatic rings. The molecule has 0 spiro atoms. The zero-order valence-corrected chi connectivity index (χ0v) is 11.9. The van der Waals surface area contributed by atoms with Crippen molar-refractivity contribution in [2.45, 2.75) is 58.4 Å². The Hall–Kier alpha value is -0.0800. The van der Waals surface area contributed by atoms with Crippen LogP contribution >= 0.6 is 0 Å². The summed E-state index contributed by atoms with van der Waals surface area (Å²) in [6.07, 6.45) is 7.28. The van der Waals surface area contributed by atoms with Gasteiger partial charge in [0.25, 0.3) is 0 Å². The van der Waals surface area contributed by atoms with Crippen molar-refractivity contribution in [3.63, 3.8) is 0 Å². The maximum atomic E-state index is 3.67. The summed E-state index contributed by atoms with van der Waals surface area (Å²) in [7, 11) is 0. The van der Waals surface area contributed by atoms with E-state index < -0.39 is 0 Å². The van der Waals surface area contributed by atoms with E-state index in [0.717, 1.165) is 24.3 Å². The molecule has 2 aliphatic carbocycles. The van der Waals surface area contributed by atoms with E-state index in [-0.39, 0.29) is 5.54 Å². The van der Waals surface area contributed by atoms with Crippen molar-refractivity contribution in [3.8, 4) is 0 Å². The van der Waals surface area contributed by atoms with E-state index in [0.29, 0.717) is 0 Å². The van der Waals surface area contributed by atoms with Crippen LogP contribution in [-0.2, 0) is 0 Å². The molecule has 0 saturated heterocycles. The summed E-state index contributed by atoms with van der Waals surface area (Å²) in [5.41, 5.74) is 0.268. The van der Waals surface area contributed by atoms with Crippen molar-refractivity contribution in [1.29, 1.82) is 0 Å². The van der Waals surface area contributed by atoms with E-state index in [2.05, 4.69) is 31.4 Å². The third kappa shape index (κ3) is 5.39. The predicted molar refractivity (Wildman–Crippen MR) is 74.2 cm³/mol. The molecule has 0 radical (unpaired) electrons. The molecule has 0 aromatic heterocycles. The standard InChI is InChI=1S/C15H30N2/c1-15(2,3)17-10-4-9-16-11-14(12-5-6-12)13-7-8-13/h12-14,16-17H,4-11H2,1-3H3. The highest BCUT2D eigenvalue weighted by molar-refractivity contribution is 4.92. The van der Waals surface area contributed by atoms with Gasteiger partial charge in [-0.25, -0.2) is 0 Å². The van der Waals surface area contributed by atoms with Crippen LogP contribution in [0.4, 0.5) is 0 Å². The molecule has 0 bridgehead atoms. The van der Waals surface area contributed by atoms with E-state index in [1.165, 1.54) is 45.2 Å². The Kier molecular flexibility index (Phi) is 4.48. The van der Waals surface area contributed by atoms with Crippen LogP contribution in [0.3, 0.4) is 0 Å². The van der Waals surface area contributed by atoms with Gasteiger partial charge in [0, 0.05) is 5.54 Å². The Labute approximate surface area is 107 Å². The van der Waals surface area contributed by atoms with Crippen molar-refractivity contribution in [2.75, 3.05) is 19.6 Å². The minimum Gasteiger partial charge on any atom is -0.316 e. The van der Waals surface area contributed by atoms with E-state index >= 15 is 0 Å². The lowest BCUT2D eigenvalue weighted by molar-refractivity contribution is 0.371. The fraction of sp³-hybridized carbons (Fsp3) is 1.00. The van der Waals surface area contributed by atoms with Crippen molar-refractivity contribution in [2.24, 2.45) is 17.8 Å². The van der Waals surface area contributed by atoms with E-state index in [1.54, 1.807) is 0 Å². The average Bonchev–Trinajstić information content (AvgIpc) is 3.09. The third-order valence-electron chi connectivity index (χ3n) is 4.02. The first kappa shape index (κ1) is 13.4. The second-order valence-corrected chi connectivity index (χ2v) is 7.07. The first-order valence-corrected chi connectivity index (χ1v) is 7.52. The highest BCUT2D eigenvalue weighted by atomic mass is 14.9. The zero-order chi connectivity index (χ0) is 12.3. The molecule has 0 atom stereocenters. The first-order valence-electron chi connectivity index (χ1n) is 7.52. The van der Waals surface area contributed by atoms with Crippen LogP contribution in [0.15, 0.2) is 0 Å². The maximum Gasteiger partial charge on any atom is 0.00965 e. The molecule has 2 fully saturated rings. The van der Waals surface area contributed by atoms with Gasteiger partial charge in [-0.1, -0.05) is 0 Å². The molecule has 100 valence electrons. The Bertz CT molecular complexity index is 212. The molecular weight excluding hydrogens is 208 g/mol. The van der Waals surface area contributed by atoms with Crippen molar-refractivity contribution in [1.82, 2.24) is 10.6 Å². The summed E-state index contributed by atoms with van der Waals surface area (Å²) in [5, 5.41) is 7.21. The van der Waals surface area contributed by atoms with Gasteiger partial charge in [-0.2, -0.15) is 0 Å². The monoisotopic (exact) mass is 238 g/mol. The number of hydrogen-bond acceptors (Lipinski definition) is 2. The van der Waals surface area contributed by atoms with Crippen molar-refractivity contribution >= 4 is 0 Å². The quantitative estimate of drug-likeness (QED) is 0.635. The Morgan fingerprint density at radius 1 is 1.00 bits per heavy atom. The van der Waals surface area contributed by atoms with Gasteiger partial charge >= 0.3 is 0 Å². The molecule has 2 aliphatic rings. The summed E-state index contributed by atoms with van der Waals surface area (Å²) < 4.78 is 0. The highest BCUT2D eigenvalue weighted by Crippen LogP contribution is 2.48. The molecule has 0 heterocycles. The Morgan fingerprint density at radius 3 is 2.06 bits per heavy atom. The fourth-order valence-corrected chi connectivity index (χ4v) is 2.71. The molecule has 0 aliphatic heterocycles. The Balaban J connectivity index is 1.48. The smallest absolute Gasteiger partial charge is 0.00965 e. The summed E-state index contributed by atoms with van der Waals surface area (Å²) in [4.78, 5) is 0. The number of hydrogen-bond donors (Lipinski definition) is 2. The molecule has 2 nitrogen and oxygen atoms in total. The molecule has 2 rings (SSSR count). The van der Waals surface area contributed by atoms with Gasteiger partial charge in [0.15, 0.2) is 0 Å². The SMILES string of the molecule is CC(C)(C)NCCCNCC(C1CC1)C1CC1. The topological polar surface area (TPSA) is 24.1 Å². The van der Waals surface area contributed by atoms with Gasteiger partial charge < -0.3 is 10.6 Å². The van der Waals surface area contributed by atoms with Gasteiger partial charge in [0.05, 0.1) is 0 Å². The normalized spacial score (nSPS) is 21.2. The summed E-state index contributed by atoms with van der Waals surface area (Å²) in [6.45, 7) is 10.3. The van der Waals surface area contributed by atoms with E-state index in [9.17, 15) is 0 Å². The van der Waals surface area contributed by atoms with Gasteiger partial charge in [-0.15, -0.1) is 0 Å². The van der Waals surface area contributed by atoms with Crippen LogP contribution in [0, 0.1) is 17.8 Å². The molecule has 17 heavy (non-hydrogen) atoms. The van der Waals surface area contributed by atoms with Crippen LogP contribution in [0.5, 0.6) is 0 Å². The second-order valence-electron chi connectivity index (χ2n) is 7.07. The average molecular weight is 238 g/mol. The Morgan fingerprint density at radius 2 is 1.59 bits per heavy atom. The molecule has 2 saturated carbocycles. The molecule has 2 N–H and O–H groups in total. The summed E-state index contributed by atoms with van der Waals surface area (Å²) in [5.74, 6) is 3.19. The van der Waals surface area contributed by atoms with Crippen LogP contribution in [0.2, 0.25) is 0 Å². The van der Waals surface area contributed by atoms with Gasteiger partial charge in [-0.05, 0) is 90.3 Å². The lowest BCUT2D eigenvalue weighted by atomic mass is 9.98. The van der Waals surface area contributed by atoms with Crippen molar-refractivity contribution < 1.29 is 0 Å².